The van der Waals surface area contributed by atoms with Crippen LogP contribution in [0.4, 0.5) is 10.5 Å². The number of aliphatic hydroxyl groups is 1. The summed E-state index contributed by atoms with van der Waals surface area (Å²) in [6.07, 6.45) is 0. The van der Waals surface area contributed by atoms with E-state index in [9.17, 15) is 4.79 Å². The van der Waals surface area contributed by atoms with Crippen molar-refractivity contribution in [3.8, 4) is 11.8 Å². The molecule has 1 fully saturated rings. The summed E-state index contributed by atoms with van der Waals surface area (Å²) < 4.78 is 5.20. The van der Waals surface area contributed by atoms with Crippen LogP contribution in [0.25, 0.3) is 0 Å². The maximum absolute atomic E-state index is 12.0. The summed E-state index contributed by atoms with van der Waals surface area (Å²) in [5.41, 5.74) is 1.45. The first-order valence-corrected chi connectivity index (χ1v) is 6.13. The van der Waals surface area contributed by atoms with Gasteiger partial charge < -0.3 is 20.1 Å². The summed E-state index contributed by atoms with van der Waals surface area (Å²) in [6.45, 7) is 2.20. The van der Waals surface area contributed by atoms with Gasteiger partial charge in [0, 0.05) is 24.3 Å². The van der Waals surface area contributed by atoms with Crippen LogP contribution >= 0.6 is 0 Å². The van der Waals surface area contributed by atoms with Crippen molar-refractivity contribution in [2.75, 3.05) is 38.2 Å². The van der Waals surface area contributed by atoms with Gasteiger partial charge in [0.05, 0.1) is 13.2 Å². The van der Waals surface area contributed by atoms with E-state index < -0.39 is 0 Å². The lowest BCUT2D eigenvalue weighted by atomic mass is 10.2. The van der Waals surface area contributed by atoms with Crippen molar-refractivity contribution in [1.29, 1.82) is 0 Å². The number of carbonyl (C=O) groups excluding carboxylic acids is 1. The van der Waals surface area contributed by atoms with Crippen LogP contribution in [0, 0.1) is 11.8 Å². The van der Waals surface area contributed by atoms with Crippen molar-refractivity contribution in [2.24, 2.45) is 0 Å². The lowest BCUT2D eigenvalue weighted by Crippen LogP contribution is -2.43. The minimum absolute atomic E-state index is 0.129. The van der Waals surface area contributed by atoms with Gasteiger partial charge in [-0.25, -0.2) is 4.79 Å². The van der Waals surface area contributed by atoms with E-state index in [0.29, 0.717) is 32.0 Å². The zero-order valence-electron chi connectivity index (χ0n) is 10.6. The Morgan fingerprint density at radius 2 is 2.21 bits per heavy atom. The molecule has 1 saturated heterocycles. The van der Waals surface area contributed by atoms with Crippen molar-refractivity contribution in [3.63, 3.8) is 0 Å². The number of anilines is 1. The molecular weight excluding hydrogens is 244 g/mol. The number of nitrogens with zero attached hydrogens (tertiary/aromatic N) is 1. The Bertz CT molecular complexity index is 499. The Kier molecular flexibility index (Phi) is 4.78. The van der Waals surface area contributed by atoms with E-state index in [2.05, 4.69) is 17.2 Å². The quantitative estimate of drug-likeness (QED) is 0.737. The molecule has 2 N–H and O–H groups in total. The standard InChI is InChI=1S/C14H16N2O3/c17-8-2-4-12-3-1-5-13(11-12)15-14(18)16-6-9-19-10-7-16/h1,3,5,11,17H,6-10H2,(H,15,18). The molecule has 2 rings (SSSR count). The second-order valence-electron chi connectivity index (χ2n) is 4.07. The summed E-state index contributed by atoms with van der Waals surface area (Å²) in [4.78, 5) is 13.7. The third-order valence-corrected chi connectivity index (χ3v) is 2.72. The van der Waals surface area contributed by atoms with Crippen LogP contribution in [0.15, 0.2) is 24.3 Å². The van der Waals surface area contributed by atoms with Crippen molar-refractivity contribution in [3.05, 3.63) is 29.8 Å². The monoisotopic (exact) mass is 260 g/mol. The zero-order valence-corrected chi connectivity index (χ0v) is 10.6. The highest BCUT2D eigenvalue weighted by Gasteiger charge is 2.16. The number of rotatable bonds is 1. The highest BCUT2D eigenvalue weighted by Crippen LogP contribution is 2.11. The normalized spacial score (nSPS) is 14.5. The predicted octanol–water partition coefficient (Wildman–Crippen LogP) is 0.895. The van der Waals surface area contributed by atoms with E-state index in [1.807, 2.05) is 18.2 Å². The van der Waals surface area contributed by atoms with Gasteiger partial charge in [-0.15, -0.1) is 0 Å². The first-order valence-electron chi connectivity index (χ1n) is 6.13. The molecule has 0 atom stereocenters. The molecule has 19 heavy (non-hydrogen) atoms. The molecule has 1 aromatic rings. The molecule has 0 bridgehead atoms. The summed E-state index contributed by atoms with van der Waals surface area (Å²) >= 11 is 0. The van der Waals surface area contributed by atoms with Crippen LogP contribution in [0.2, 0.25) is 0 Å². The minimum atomic E-state index is -0.176. The van der Waals surface area contributed by atoms with Gasteiger partial charge in [-0.05, 0) is 18.2 Å². The topological polar surface area (TPSA) is 61.8 Å². The minimum Gasteiger partial charge on any atom is -0.384 e. The van der Waals surface area contributed by atoms with Crippen molar-refractivity contribution in [1.82, 2.24) is 4.90 Å². The van der Waals surface area contributed by atoms with Gasteiger partial charge in [0.25, 0.3) is 0 Å². The van der Waals surface area contributed by atoms with Crippen LogP contribution in [-0.2, 0) is 4.74 Å². The molecule has 1 aromatic carbocycles. The highest BCUT2D eigenvalue weighted by molar-refractivity contribution is 5.89. The number of ether oxygens (including phenoxy) is 1. The Morgan fingerprint density at radius 1 is 1.42 bits per heavy atom. The Labute approximate surface area is 112 Å². The smallest absolute Gasteiger partial charge is 0.322 e. The van der Waals surface area contributed by atoms with Gasteiger partial charge in [0.1, 0.15) is 6.61 Å². The van der Waals surface area contributed by atoms with E-state index in [1.165, 1.54) is 0 Å². The molecule has 0 aliphatic carbocycles. The zero-order chi connectivity index (χ0) is 13.5. The van der Waals surface area contributed by atoms with Gasteiger partial charge in [-0.3, -0.25) is 0 Å². The van der Waals surface area contributed by atoms with Gasteiger partial charge in [0.15, 0.2) is 0 Å². The van der Waals surface area contributed by atoms with Crippen LogP contribution in [0.3, 0.4) is 0 Å². The first kappa shape index (κ1) is 13.4. The van der Waals surface area contributed by atoms with Crippen LogP contribution < -0.4 is 5.32 Å². The second kappa shape index (κ2) is 6.78. The molecule has 0 aromatic heterocycles. The maximum atomic E-state index is 12.0. The van der Waals surface area contributed by atoms with E-state index in [0.717, 1.165) is 5.56 Å². The fourth-order valence-corrected chi connectivity index (χ4v) is 1.79. The second-order valence-corrected chi connectivity index (χ2v) is 4.07. The fourth-order valence-electron chi connectivity index (χ4n) is 1.79. The predicted molar refractivity (Wildman–Crippen MR) is 71.8 cm³/mol. The molecule has 1 aliphatic rings. The average molecular weight is 260 g/mol. The van der Waals surface area contributed by atoms with E-state index >= 15 is 0 Å². The largest absolute Gasteiger partial charge is 0.384 e. The lowest BCUT2D eigenvalue weighted by Gasteiger charge is -2.26. The van der Waals surface area contributed by atoms with Crippen molar-refractivity contribution in [2.45, 2.75) is 0 Å². The average Bonchev–Trinajstić information content (AvgIpc) is 2.46. The van der Waals surface area contributed by atoms with Gasteiger partial charge >= 0.3 is 6.03 Å². The summed E-state index contributed by atoms with van der Waals surface area (Å²) in [6, 6.07) is 7.10. The number of urea groups is 1. The number of morpholine rings is 1. The molecule has 5 nitrogen and oxygen atoms in total. The Morgan fingerprint density at radius 3 is 2.95 bits per heavy atom. The van der Waals surface area contributed by atoms with Crippen LogP contribution in [0.1, 0.15) is 5.56 Å². The summed E-state index contributed by atoms with van der Waals surface area (Å²) in [7, 11) is 0. The van der Waals surface area contributed by atoms with Crippen molar-refractivity contribution >= 4 is 11.7 Å². The third-order valence-electron chi connectivity index (χ3n) is 2.72. The molecule has 5 heteroatoms. The fraction of sp³-hybridized carbons (Fsp3) is 0.357. The van der Waals surface area contributed by atoms with E-state index in [4.69, 9.17) is 9.84 Å². The molecule has 1 aliphatic heterocycles. The molecule has 1 heterocycles. The van der Waals surface area contributed by atoms with E-state index in [1.54, 1.807) is 11.0 Å². The van der Waals surface area contributed by atoms with Crippen LogP contribution in [-0.4, -0.2) is 48.9 Å². The third kappa shape index (κ3) is 3.98. The Balaban J connectivity index is 1.99. The molecule has 2 amide bonds. The molecule has 0 unspecified atom stereocenters. The van der Waals surface area contributed by atoms with E-state index in [-0.39, 0.29) is 12.6 Å². The number of hydrogen-bond acceptors (Lipinski definition) is 3. The molecule has 0 spiro atoms. The molecular formula is C14H16N2O3. The van der Waals surface area contributed by atoms with Crippen molar-refractivity contribution < 1.29 is 14.6 Å². The number of hydrogen-bond donors (Lipinski definition) is 2. The van der Waals surface area contributed by atoms with Gasteiger partial charge in [-0.2, -0.15) is 0 Å². The number of benzene rings is 1. The maximum Gasteiger partial charge on any atom is 0.322 e. The molecule has 0 radical (unpaired) electrons. The summed E-state index contributed by atoms with van der Waals surface area (Å²) in [5, 5.41) is 11.5. The lowest BCUT2D eigenvalue weighted by molar-refractivity contribution is 0.0564. The highest BCUT2D eigenvalue weighted by atomic mass is 16.5. The Hall–Kier alpha value is -2.03. The molecule has 0 saturated carbocycles. The first-order chi connectivity index (χ1) is 9.29. The number of nitrogens with one attached hydrogen (secondary N) is 1. The van der Waals surface area contributed by atoms with Crippen LogP contribution in [0.5, 0.6) is 0 Å². The van der Waals surface area contributed by atoms with Gasteiger partial charge in [0.2, 0.25) is 0 Å². The van der Waals surface area contributed by atoms with Gasteiger partial charge in [-0.1, -0.05) is 17.9 Å². The number of amides is 2. The molecule has 100 valence electrons. The number of carbonyl (C=O) groups is 1. The SMILES string of the molecule is O=C(Nc1cccc(C#CCO)c1)N1CCOCC1. The number of aliphatic hydroxyl groups excluding tert-OH is 1. The summed E-state index contributed by atoms with van der Waals surface area (Å²) in [5.74, 6) is 5.38.